The van der Waals surface area contributed by atoms with E-state index >= 15 is 0 Å². The summed E-state index contributed by atoms with van der Waals surface area (Å²) >= 11 is 0. The van der Waals surface area contributed by atoms with Gasteiger partial charge in [0.1, 0.15) is 13.2 Å². The molecule has 0 aliphatic heterocycles. The molecule has 0 unspecified atom stereocenters. The minimum absolute atomic E-state index is 0.0304. The van der Waals surface area contributed by atoms with Gasteiger partial charge in [-0.1, -0.05) is 30.3 Å². The molecule has 0 heterocycles. The van der Waals surface area contributed by atoms with E-state index in [1.54, 1.807) is 0 Å². The molecule has 0 saturated heterocycles. The average Bonchev–Trinajstić information content (AvgIpc) is 2.69. The van der Waals surface area contributed by atoms with Crippen molar-refractivity contribution in [1.29, 1.82) is 0 Å². The van der Waals surface area contributed by atoms with E-state index in [9.17, 15) is 9.59 Å². The number of benzene rings is 1. The van der Waals surface area contributed by atoms with E-state index in [1.165, 1.54) is 5.56 Å². The second kappa shape index (κ2) is 17.1. The fraction of sp³-hybridized carbons (Fsp3) is 0.579. The molecule has 158 valence electrons. The third-order valence-electron chi connectivity index (χ3n) is 3.37. The maximum absolute atomic E-state index is 11.5. The van der Waals surface area contributed by atoms with Crippen molar-refractivity contribution in [1.82, 2.24) is 10.6 Å². The minimum Gasteiger partial charge on any atom is -0.480 e. The lowest BCUT2D eigenvalue weighted by Crippen LogP contribution is -2.31. The van der Waals surface area contributed by atoms with E-state index in [-0.39, 0.29) is 32.3 Å². The van der Waals surface area contributed by atoms with Gasteiger partial charge in [0.2, 0.25) is 5.91 Å². The van der Waals surface area contributed by atoms with Gasteiger partial charge in [-0.25, -0.2) is 4.79 Å². The molecule has 0 bridgehead atoms. The first kappa shape index (κ1) is 24.0. The van der Waals surface area contributed by atoms with Crippen LogP contribution in [0.25, 0.3) is 0 Å². The van der Waals surface area contributed by atoms with Gasteiger partial charge in [0, 0.05) is 19.6 Å². The highest BCUT2D eigenvalue weighted by molar-refractivity contribution is 5.77. The number of rotatable bonds is 18. The normalized spacial score (nSPS) is 10.7. The number of carboxylic acids is 1. The molecule has 0 aliphatic rings. The van der Waals surface area contributed by atoms with Gasteiger partial charge < -0.3 is 34.7 Å². The van der Waals surface area contributed by atoms with E-state index in [0.29, 0.717) is 33.0 Å². The molecule has 1 aromatic carbocycles. The molecule has 0 aromatic heterocycles. The number of hydrogen-bond acceptors (Lipinski definition) is 7. The lowest BCUT2D eigenvalue weighted by molar-refractivity contribution is -0.142. The Hall–Kier alpha value is -2.04. The van der Waals surface area contributed by atoms with Crippen LogP contribution in [-0.4, -0.2) is 82.9 Å². The highest BCUT2D eigenvalue weighted by Crippen LogP contribution is 1.96. The summed E-state index contributed by atoms with van der Waals surface area (Å²) in [6.07, 6.45) is 0. The van der Waals surface area contributed by atoms with Gasteiger partial charge in [-0.15, -0.1) is 0 Å². The van der Waals surface area contributed by atoms with Crippen molar-refractivity contribution in [3.63, 3.8) is 0 Å². The molecule has 9 nitrogen and oxygen atoms in total. The Morgan fingerprint density at radius 3 is 2.07 bits per heavy atom. The Kier molecular flexibility index (Phi) is 14.6. The van der Waals surface area contributed by atoms with Crippen LogP contribution in [0.2, 0.25) is 0 Å². The van der Waals surface area contributed by atoms with Crippen molar-refractivity contribution in [3.05, 3.63) is 35.9 Å². The van der Waals surface area contributed by atoms with Gasteiger partial charge in [0.25, 0.3) is 0 Å². The number of carboxylic acid groups (broad SMARTS) is 1. The molecule has 0 fully saturated rings. The summed E-state index contributed by atoms with van der Waals surface area (Å²) in [5.41, 5.74) is 1.23. The Labute approximate surface area is 165 Å². The first-order valence-corrected chi connectivity index (χ1v) is 9.22. The number of amides is 1. The molecule has 1 amide bonds. The predicted molar refractivity (Wildman–Crippen MR) is 102 cm³/mol. The maximum Gasteiger partial charge on any atom is 0.329 e. The van der Waals surface area contributed by atoms with Crippen LogP contribution < -0.4 is 10.6 Å². The first-order valence-electron chi connectivity index (χ1n) is 9.22. The topological polar surface area (TPSA) is 115 Å². The van der Waals surface area contributed by atoms with Crippen LogP contribution in [0.15, 0.2) is 30.3 Å². The molecule has 0 radical (unpaired) electrons. The van der Waals surface area contributed by atoms with Gasteiger partial charge in [-0.3, -0.25) is 4.79 Å². The number of carbonyl (C=O) groups excluding carboxylic acids is 1. The van der Waals surface area contributed by atoms with E-state index in [4.69, 9.17) is 24.1 Å². The van der Waals surface area contributed by atoms with Crippen LogP contribution in [0, 0.1) is 0 Å². The molecule has 3 N–H and O–H groups in total. The largest absolute Gasteiger partial charge is 0.480 e. The number of ether oxygens (including phenoxy) is 4. The lowest BCUT2D eigenvalue weighted by atomic mass is 10.2. The molecule has 0 saturated carbocycles. The second-order valence-corrected chi connectivity index (χ2v) is 5.74. The molecule has 28 heavy (non-hydrogen) atoms. The fourth-order valence-corrected chi connectivity index (χ4v) is 2.05. The third-order valence-corrected chi connectivity index (χ3v) is 3.37. The van der Waals surface area contributed by atoms with Crippen LogP contribution in [0.3, 0.4) is 0 Å². The number of aliphatic carboxylic acids is 1. The quantitative estimate of drug-likeness (QED) is 0.297. The van der Waals surface area contributed by atoms with Crippen molar-refractivity contribution in [2.24, 2.45) is 0 Å². The molecule has 0 spiro atoms. The van der Waals surface area contributed by atoms with Crippen LogP contribution >= 0.6 is 0 Å². The van der Waals surface area contributed by atoms with Gasteiger partial charge in [-0.2, -0.15) is 0 Å². The minimum atomic E-state index is -1.02. The smallest absolute Gasteiger partial charge is 0.329 e. The van der Waals surface area contributed by atoms with E-state index in [0.717, 1.165) is 13.1 Å². The fourth-order valence-electron chi connectivity index (χ4n) is 2.05. The second-order valence-electron chi connectivity index (χ2n) is 5.74. The summed E-state index contributed by atoms with van der Waals surface area (Å²) < 4.78 is 20.6. The van der Waals surface area contributed by atoms with E-state index in [1.807, 2.05) is 18.2 Å². The number of hydrogen-bond donors (Lipinski definition) is 3. The summed E-state index contributed by atoms with van der Waals surface area (Å²) in [5, 5.41) is 14.3. The zero-order valence-corrected chi connectivity index (χ0v) is 16.1. The Balaban J connectivity index is 1.78. The predicted octanol–water partition coefficient (Wildman–Crippen LogP) is 0.0434. The summed E-state index contributed by atoms with van der Waals surface area (Å²) in [7, 11) is 0. The SMILES string of the molecule is O=C(O)COCCOCCNC(=O)COCCOCCNCc1ccccc1. The van der Waals surface area contributed by atoms with Gasteiger partial charge in [-0.05, 0) is 5.56 Å². The van der Waals surface area contributed by atoms with Gasteiger partial charge in [0.05, 0.1) is 39.6 Å². The standard InChI is InChI=1S/C19H30N2O7/c22-18(21-7-9-26-11-13-28-16-19(23)24)15-27-12-10-25-8-6-20-14-17-4-2-1-3-5-17/h1-5,20H,6-16H2,(H,21,22)(H,23,24). The molecular formula is C19H30N2O7. The monoisotopic (exact) mass is 398 g/mol. The van der Waals surface area contributed by atoms with Crippen molar-refractivity contribution in [2.75, 3.05) is 65.9 Å². The molecule has 0 atom stereocenters. The zero-order chi connectivity index (χ0) is 20.3. The van der Waals surface area contributed by atoms with E-state index in [2.05, 4.69) is 22.8 Å². The van der Waals surface area contributed by atoms with Crippen LogP contribution in [0.5, 0.6) is 0 Å². The Bertz CT molecular complexity index is 528. The zero-order valence-electron chi connectivity index (χ0n) is 16.1. The number of nitrogens with one attached hydrogen (secondary N) is 2. The highest BCUT2D eigenvalue weighted by atomic mass is 16.5. The van der Waals surface area contributed by atoms with E-state index < -0.39 is 5.97 Å². The summed E-state index contributed by atoms with van der Waals surface area (Å²) in [5.74, 6) is -1.24. The van der Waals surface area contributed by atoms with Crippen LogP contribution in [-0.2, 0) is 35.1 Å². The summed E-state index contributed by atoms with van der Waals surface area (Å²) in [6, 6.07) is 10.1. The van der Waals surface area contributed by atoms with Crippen molar-refractivity contribution in [2.45, 2.75) is 6.54 Å². The molecule has 1 aromatic rings. The average molecular weight is 398 g/mol. The Morgan fingerprint density at radius 1 is 0.786 bits per heavy atom. The Morgan fingerprint density at radius 2 is 1.39 bits per heavy atom. The maximum atomic E-state index is 11.5. The molecular weight excluding hydrogens is 368 g/mol. The van der Waals surface area contributed by atoms with Gasteiger partial charge in [0.15, 0.2) is 0 Å². The summed E-state index contributed by atoms with van der Waals surface area (Å²) in [4.78, 5) is 21.7. The third kappa shape index (κ3) is 15.1. The first-order chi connectivity index (χ1) is 13.7. The van der Waals surface area contributed by atoms with Crippen molar-refractivity contribution < 1.29 is 33.6 Å². The van der Waals surface area contributed by atoms with Crippen LogP contribution in [0.1, 0.15) is 5.56 Å². The molecule has 1 rings (SSSR count). The van der Waals surface area contributed by atoms with Gasteiger partial charge >= 0.3 is 5.97 Å². The molecule has 0 aliphatic carbocycles. The lowest BCUT2D eigenvalue weighted by Gasteiger charge is -2.08. The molecule has 9 heteroatoms. The summed E-state index contributed by atoms with van der Waals surface area (Å²) in [6.45, 7) is 3.69. The highest BCUT2D eigenvalue weighted by Gasteiger charge is 2.01. The van der Waals surface area contributed by atoms with Crippen molar-refractivity contribution >= 4 is 11.9 Å². The number of carbonyl (C=O) groups is 2. The van der Waals surface area contributed by atoms with Crippen LogP contribution in [0.4, 0.5) is 0 Å². The van der Waals surface area contributed by atoms with Crippen molar-refractivity contribution in [3.8, 4) is 0 Å².